The Morgan fingerprint density at radius 1 is 1.62 bits per heavy atom. The molecule has 0 aromatic rings. The standard InChI is InChI=1S/C5H12NO2/c1-2-8-4-3-6-5-7/h6H,2-5H2,1H3. The van der Waals surface area contributed by atoms with Gasteiger partial charge in [0.25, 0.3) is 0 Å². The summed E-state index contributed by atoms with van der Waals surface area (Å²) in [6.45, 7) is 3.74. The Bertz CT molecular complexity index is 35.4. The van der Waals surface area contributed by atoms with Crippen molar-refractivity contribution in [1.82, 2.24) is 5.32 Å². The summed E-state index contributed by atoms with van der Waals surface area (Å²) in [4.78, 5) is 0. The molecule has 0 fully saturated rings. The quantitative estimate of drug-likeness (QED) is 0.408. The van der Waals surface area contributed by atoms with Crippen LogP contribution in [0.1, 0.15) is 6.92 Å². The monoisotopic (exact) mass is 118 g/mol. The second-order valence-corrected chi connectivity index (χ2v) is 1.34. The molecule has 0 aliphatic carbocycles. The van der Waals surface area contributed by atoms with E-state index in [4.69, 9.17) is 4.74 Å². The zero-order chi connectivity index (χ0) is 6.24. The van der Waals surface area contributed by atoms with E-state index in [1.165, 1.54) is 0 Å². The average Bonchev–Trinajstić information content (AvgIpc) is 1.81. The summed E-state index contributed by atoms with van der Waals surface area (Å²) in [5, 5.41) is 12.3. The molecule has 0 rings (SSSR count). The van der Waals surface area contributed by atoms with Crippen molar-refractivity contribution in [3.8, 4) is 0 Å². The maximum Gasteiger partial charge on any atom is 0.133 e. The molecular weight excluding hydrogens is 106 g/mol. The average molecular weight is 118 g/mol. The molecule has 0 aliphatic heterocycles. The molecule has 0 saturated carbocycles. The number of hydrogen-bond acceptors (Lipinski definition) is 2. The lowest BCUT2D eigenvalue weighted by Crippen LogP contribution is -2.19. The molecule has 0 atom stereocenters. The highest BCUT2D eigenvalue weighted by Crippen LogP contribution is 1.68. The first kappa shape index (κ1) is 7.88. The minimum Gasteiger partial charge on any atom is -0.380 e. The van der Waals surface area contributed by atoms with Gasteiger partial charge in [0, 0.05) is 13.2 Å². The molecule has 49 valence electrons. The molecule has 0 heterocycles. The topological polar surface area (TPSA) is 41.2 Å². The molecule has 0 aromatic carbocycles. The molecule has 8 heavy (non-hydrogen) atoms. The first-order chi connectivity index (χ1) is 3.91. The molecule has 3 heteroatoms. The fourth-order valence-electron chi connectivity index (χ4n) is 0.361. The maximum absolute atomic E-state index is 9.73. The van der Waals surface area contributed by atoms with Crippen molar-refractivity contribution in [1.29, 1.82) is 0 Å². The fourth-order valence-corrected chi connectivity index (χ4v) is 0.361. The van der Waals surface area contributed by atoms with Crippen molar-refractivity contribution in [2.24, 2.45) is 0 Å². The van der Waals surface area contributed by atoms with Crippen LogP contribution >= 0.6 is 0 Å². The third-order valence-corrected chi connectivity index (χ3v) is 0.729. The predicted octanol–water partition coefficient (Wildman–Crippen LogP) is 0.000500. The van der Waals surface area contributed by atoms with Crippen molar-refractivity contribution in [3.63, 3.8) is 0 Å². The molecule has 1 N–H and O–H groups in total. The lowest BCUT2D eigenvalue weighted by Gasteiger charge is -1.98. The van der Waals surface area contributed by atoms with E-state index in [9.17, 15) is 5.11 Å². The summed E-state index contributed by atoms with van der Waals surface area (Å²) in [6, 6.07) is 0. The smallest absolute Gasteiger partial charge is 0.133 e. The van der Waals surface area contributed by atoms with Crippen molar-refractivity contribution in [2.45, 2.75) is 6.92 Å². The molecule has 0 aromatic heterocycles. The van der Waals surface area contributed by atoms with E-state index in [1.807, 2.05) is 6.92 Å². The molecule has 3 nitrogen and oxygen atoms in total. The summed E-state index contributed by atoms with van der Waals surface area (Å²) >= 11 is 0. The van der Waals surface area contributed by atoms with Gasteiger partial charge in [-0.25, -0.2) is 5.11 Å². The first-order valence-electron chi connectivity index (χ1n) is 2.78. The Hall–Kier alpha value is -0.120. The van der Waals surface area contributed by atoms with Gasteiger partial charge in [0.05, 0.1) is 6.61 Å². The van der Waals surface area contributed by atoms with E-state index in [0.717, 1.165) is 6.61 Å². The number of rotatable bonds is 5. The maximum atomic E-state index is 9.73. The highest BCUT2D eigenvalue weighted by Gasteiger charge is 1.81. The lowest BCUT2D eigenvalue weighted by atomic mass is 10.7. The Morgan fingerprint density at radius 2 is 2.38 bits per heavy atom. The number of hydrogen-bond donors (Lipinski definition) is 1. The van der Waals surface area contributed by atoms with Crippen LogP contribution in [-0.2, 0) is 9.84 Å². The van der Waals surface area contributed by atoms with Crippen LogP contribution in [0.3, 0.4) is 0 Å². The zero-order valence-corrected chi connectivity index (χ0v) is 5.14. The summed E-state index contributed by atoms with van der Waals surface area (Å²) in [6.07, 6.45) is 0. The van der Waals surface area contributed by atoms with Crippen LogP contribution in [0.2, 0.25) is 0 Å². The molecular formula is C5H12NO2. The van der Waals surface area contributed by atoms with E-state index < -0.39 is 0 Å². The Labute approximate surface area is 49.7 Å². The van der Waals surface area contributed by atoms with Gasteiger partial charge in [-0.2, -0.15) is 0 Å². The molecule has 0 amide bonds. The predicted molar refractivity (Wildman–Crippen MR) is 30.0 cm³/mol. The van der Waals surface area contributed by atoms with E-state index >= 15 is 0 Å². The second kappa shape index (κ2) is 6.88. The first-order valence-corrected chi connectivity index (χ1v) is 2.78. The number of ether oxygens (including phenoxy) is 1. The zero-order valence-electron chi connectivity index (χ0n) is 5.14. The fraction of sp³-hybridized carbons (Fsp3) is 1.00. The highest BCUT2D eigenvalue weighted by molar-refractivity contribution is 4.34. The summed E-state index contributed by atoms with van der Waals surface area (Å²) in [7, 11) is 0. The van der Waals surface area contributed by atoms with Gasteiger partial charge in [0.1, 0.15) is 6.73 Å². The van der Waals surface area contributed by atoms with Gasteiger partial charge in [-0.15, -0.1) is 0 Å². The van der Waals surface area contributed by atoms with Crippen molar-refractivity contribution in [3.05, 3.63) is 0 Å². The van der Waals surface area contributed by atoms with Crippen LogP contribution < -0.4 is 5.32 Å². The van der Waals surface area contributed by atoms with Gasteiger partial charge in [0.15, 0.2) is 0 Å². The molecule has 0 saturated heterocycles. The van der Waals surface area contributed by atoms with E-state index in [-0.39, 0.29) is 6.73 Å². The number of nitrogens with one attached hydrogen (secondary N) is 1. The second-order valence-electron chi connectivity index (χ2n) is 1.34. The van der Waals surface area contributed by atoms with Crippen LogP contribution in [0.4, 0.5) is 0 Å². The van der Waals surface area contributed by atoms with Gasteiger partial charge in [-0.05, 0) is 6.92 Å². The highest BCUT2D eigenvalue weighted by atomic mass is 16.5. The van der Waals surface area contributed by atoms with Crippen LogP contribution in [0.25, 0.3) is 0 Å². The molecule has 0 bridgehead atoms. The van der Waals surface area contributed by atoms with Gasteiger partial charge in [0.2, 0.25) is 0 Å². The molecule has 0 unspecified atom stereocenters. The SMILES string of the molecule is CCOCCNC[O]. The van der Waals surface area contributed by atoms with Gasteiger partial charge < -0.3 is 4.74 Å². The molecule has 0 aliphatic rings. The van der Waals surface area contributed by atoms with E-state index in [0.29, 0.717) is 13.2 Å². The summed E-state index contributed by atoms with van der Waals surface area (Å²) in [5.41, 5.74) is 0. The summed E-state index contributed by atoms with van der Waals surface area (Å²) in [5.74, 6) is 0. The van der Waals surface area contributed by atoms with E-state index in [1.54, 1.807) is 0 Å². The third kappa shape index (κ3) is 5.88. The normalized spacial score (nSPS) is 9.75. The van der Waals surface area contributed by atoms with Gasteiger partial charge in [-0.3, -0.25) is 5.32 Å². The van der Waals surface area contributed by atoms with Crippen molar-refractivity contribution >= 4 is 0 Å². The Morgan fingerprint density at radius 3 is 2.88 bits per heavy atom. The van der Waals surface area contributed by atoms with Crippen LogP contribution in [0, 0.1) is 0 Å². The third-order valence-electron chi connectivity index (χ3n) is 0.729. The molecule has 0 spiro atoms. The largest absolute Gasteiger partial charge is 0.380 e. The van der Waals surface area contributed by atoms with Crippen molar-refractivity contribution in [2.75, 3.05) is 26.5 Å². The van der Waals surface area contributed by atoms with Crippen LogP contribution in [0.5, 0.6) is 0 Å². The van der Waals surface area contributed by atoms with E-state index in [2.05, 4.69) is 5.32 Å². The molecule has 1 radical (unpaired) electrons. The van der Waals surface area contributed by atoms with Crippen LogP contribution in [0.15, 0.2) is 0 Å². The lowest BCUT2D eigenvalue weighted by molar-refractivity contribution is 0.123. The Balaban J connectivity index is 2.53. The van der Waals surface area contributed by atoms with Gasteiger partial charge in [-0.1, -0.05) is 0 Å². The Kier molecular flexibility index (Phi) is 6.78. The minimum atomic E-state index is -0.215. The van der Waals surface area contributed by atoms with Crippen LogP contribution in [-0.4, -0.2) is 26.5 Å². The summed E-state index contributed by atoms with van der Waals surface area (Å²) < 4.78 is 4.93. The van der Waals surface area contributed by atoms with Crippen molar-refractivity contribution < 1.29 is 9.84 Å². The minimum absolute atomic E-state index is 0.215. The van der Waals surface area contributed by atoms with Gasteiger partial charge >= 0.3 is 0 Å².